The number of nitrogens with one attached hydrogen (secondary N) is 1. The van der Waals surface area contributed by atoms with Crippen molar-refractivity contribution in [2.45, 2.75) is 70.4 Å². The minimum absolute atomic E-state index is 0.519. The van der Waals surface area contributed by atoms with Crippen molar-refractivity contribution in [2.24, 2.45) is 17.3 Å². The van der Waals surface area contributed by atoms with Crippen molar-refractivity contribution in [3.63, 3.8) is 0 Å². The third-order valence-corrected chi connectivity index (χ3v) is 6.25. The van der Waals surface area contributed by atoms with E-state index in [1.165, 1.54) is 38.6 Å². The van der Waals surface area contributed by atoms with E-state index in [4.69, 9.17) is 0 Å². The lowest BCUT2D eigenvalue weighted by Crippen LogP contribution is -2.42. The predicted octanol–water partition coefficient (Wildman–Crippen LogP) is 4.28. The van der Waals surface area contributed by atoms with Gasteiger partial charge in [-0.15, -0.1) is 11.8 Å². The summed E-state index contributed by atoms with van der Waals surface area (Å²) in [6.07, 6.45) is 7.12. The largest absolute Gasteiger partial charge is 0.305 e. The normalized spacial score (nSPS) is 40.2. The standard InChI is InChI=1S/C15H29NS/c1-11-9-10-16-14(17-11)12-5-7-13(8-6-12)15(2,3)4/h11-14,16H,5-10H2,1-4H3. The Hall–Kier alpha value is 0.310. The van der Waals surface area contributed by atoms with E-state index in [1.807, 2.05) is 0 Å². The van der Waals surface area contributed by atoms with Gasteiger partial charge in [0.25, 0.3) is 0 Å². The second-order valence-electron chi connectivity index (χ2n) is 7.09. The molecular weight excluding hydrogens is 226 g/mol. The predicted molar refractivity (Wildman–Crippen MR) is 78.4 cm³/mol. The van der Waals surface area contributed by atoms with Crippen LogP contribution < -0.4 is 5.32 Å². The minimum atomic E-state index is 0.519. The number of rotatable bonds is 1. The van der Waals surface area contributed by atoms with Crippen LogP contribution in [0.2, 0.25) is 0 Å². The SMILES string of the molecule is CC1CCNC(C2CCC(C(C)(C)C)CC2)S1. The van der Waals surface area contributed by atoms with Crippen molar-refractivity contribution in [3.05, 3.63) is 0 Å². The monoisotopic (exact) mass is 255 g/mol. The van der Waals surface area contributed by atoms with E-state index in [-0.39, 0.29) is 0 Å². The van der Waals surface area contributed by atoms with Crippen LogP contribution in [0.25, 0.3) is 0 Å². The first-order valence-corrected chi connectivity index (χ1v) is 8.30. The molecule has 0 aromatic rings. The molecule has 1 heterocycles. The van der Waals surface area contributed by atoms with Gasteiger partial charge in [0.2, 0.25) is 0 Å². The van der Waals surface area contributed by atoms with Crippen LogP contribution in [-0.4, -0.2) is 17.2 Å². The topological polar surface area (TPSA) is 12.0 Å². The third-order valence-electron chi connectivity index (χ3n) is 4.70. The molecule has 100 valence electrons. The van der Waals surface area contributed by atoms with Crippen LogP contribution in [0.5, 0.6) is 0 Å². The quantitative estimate of drug-likeness (QED) is 0.750. The van der Waals surface area contributed by atoms with Crippen molar-refractivity contribution in [1.29, 1.82) is 0 Å². The Kier molecular flexibility index (Phi) is 4.46. The molecule has 0 aromatic heterocycles. The smallest absolute Gasteiger partial charge is 0.0563 e. The number of thioether (sulfide) groups is 1. The third kappa shape index (κ3) is 3.64. The summed E-state index contributed by atoms with van der Waals surface area (Å²) in [6, 6.07) is 0. The molecule has 0 aromatic carbocycles. The first-order valence-electron chi connectivity index (χ1n) is 7.35. The summed E-state index contributed by atoms with van der Waals surface area (Å²) in [7, 11) is 0. The summed E-state index contributed by atoms with van der Waals surface area (Å²) in [5, 5.41) is 5.35. The highest BCUT2D eigenvalue weighted by Gasteiger charge is 2.34. The average Bonchev–Trinajstić information content (AvgIpc) is 2.28. The molecule has 0 amide bonds. The van der Waals surface area contributed by atoms with Crippen LogP contribution in [0.1, 0.15) is 59.8 Å². The lowest BCUT2D eigenvalue weighted by molar-refractivity contribution is 0.144. The Bertz CT molecular complexity index is 238. The Balaban J connectivity index is 1.82. The summed E-state index contributed by atoms with van der Waals surface area (Å²) in [5.74, 6) is 1.88. The molecule has 1 N–H and O–H groups in total. The van der Waals surface area contributed by atoms with Gasteiger partial charge in [0, 0.05) is 5.25 Å². The minimum Gasteiger partial charge on any atom is -0.305 e. The number of hydrogen-bond acceptors (Lipinski definition) is 2. The first-order chi connectivity index (χ1) is 7.97. The summed E-state index contributed by atoms with van der Waals surface area (Å²) < 4.78 is 0. The molecule has 2 atom stereocenters. The molecule has 1 saturated heterocycles. The van der Waals surface area contributed by atoms with Crippen LogP contribution in [-0.2, 0) is 0 Å². The van der Waals surface area contributed by atoms with Crippen LogP contribution >= 0.6 is 11.8 Å². The van der Waals surface area contributed by atoms with Gasteiger partial charge >= 0.3 is 0 Å². The Morgan fingerprint density at radius 1 is 1.00 bits per heavy atom. The van der Waals surface area contributed by atoms with Crippen LogP contribution in [0.4, 0.5) is 0 Å². The molecular formula is C15H29NS. The summed E-state index contributed by atoms with van der Waals surface area (Å²) in [4.78, 5) is 0. The molecule has 17 heavy (non-hydrogen) atoms. The molecule has 1 saturated carbocycles. The van der Waals surface area contributed by atoms with Gasteiger partial charge in [-0.25, -0.2) is 0 Å². The van der Waals surface area contributed by atoms with Gasteiger partial charge in [-0.2, -0.15) is 0 Å². The van der Waals surface area contributed by atoms with Crippen LogP contribution in [0, 0.1) is 17.3 Å². The van der Waals surface area contributed by atoms with Gasteiger partial charge in [-0.05, 0) is 55.9 Å². The molecule has 1 aliphatic carbocycles. The molecule has 1 nitrogen and oxygen atoms in total. The molecule has 1 aliphatic heterocycles. The second kappa shape index (κ2) is 5.52. The summed E-state index contributed by atoms with van der Waals surface area (Å²) in [6.45, 7) is 10.9. The second-order valence-corrected chi connectivity index (χ2v) is 8.67. The molecule has 2 fully saturated rings. The molecule has 0 radical (unpaired) electrons. The van der Waals surface area contributed by atoms with Crippen LogP contribution in [0.15, 0.2) is 0 Å². The van der Waals surface area contributed by atoms with Gasteiger partial charge in [0.1, 0.15) is 0 Å². The van der Waals surface area contributed by atoms with Crippen molar-refractivity contribution < 1.29 is 0 Å². The zero-order valence-electron chi connectivity index (χ0n) is 12.0. The fourth-order valence-electron chi connectivity index (χ4n) is 3.36. The molecule has 2 rings (SSSR count). The lowest BCUT2D eigenvalue weighted by atomic mass is 9.70. The van der Waals surface area contributed by atoms with Crippen molar-refractivity contribution in [3.8, 4) is 0 Å². The van der Waals surface area contributed by atoms with E-state index in [0.29, 0.717) is 5.41 Å². The van der Waals surface area contributed by atoms with E-state index in [0.717, 1.165) is 22.5 Å². The van der Waals surface area contributed by atoms with Gasteiger partial charge in [-0.1, -0.05) is 27.7 Å². The first kappa shape index (κ1) is 13.7. The fraction of sp³-hybridized carbons (Fsp3) is 1.00. The van der Waals surface area contributed by atoms with E-state index < -0.39 is 0 Å². The highest BCUT2D eigenvalue weighted by atomic mass is 32.2. The molecule has 2 aliphatic rings. The van der Waals surface area contributed by atoms with Crippen LogP contribution in [0.3, 0.4) is 0 Å². The van der Waals surface area contributed by atoms with Gasteiger partial charge in [0.15, 0.2) is 0 Å². The van der Waals surface area contributed by atoms with E-state index >= 15 is 0 Å². The Morgan fingerprint density at radius 2 is 1.65 bits per heavy atom. The summed E-state index contributed by atoms with van der Waals surface area (Å²) in [5.41, 5.74) is 0.519. The van der Waals surface area contributed by atoms with Crippen molar-refractivity contribution in [2.75, 3.05) is 6.54 Å². The summed E-state index contributed by atoms with van der Waals surface area (Å²) >= 11 is 2.19. The van der Waals surface area contributed by atoms with Crippen molar-refractivity contribution >= 4 is 11.8 Å². The van der Waals surface area contributed by atoms with E-state index in [2.05, 4.69) is 44.8 Å². The Labute approximate surface area is 112 Å². The zero-order valence-corrected chi connectivity index (χ0v) is 12.8. The van der Waals surface area contributed by atoms with Crippen molar-refractivity contribution in [1.82, 2.24) is 5.32 Å². The van der Waals surface area contributed by atoms with E-state index in [9.17, 15) is 0 Å². The molecule has 0 bridgehead atoms. The highest BCUT2D eigenvalue weighted by molar-refractivity contribution is 8.00. The molecule has 0 spiro atoms. The maximum absolute atomic E-state index is 3.74. The average molecular weight is 255 g/mol. The Morgan fingerprint density at radius 3 is 2.18 bits per heavy atom. The van der Waals surface area contributed by atoms with E-state index in [1.54, 1.807) is 0 Å². The van der Waals surface area contributed by atoms with Gasteiger partial charge in [0.05, 0.1) is 5.37 Å². The van der Waals surface area contributed by atoms with Gasteiger partial charge in [-0.3, -0.25) is 0 Å². The lowest BCUT2D eigenvalue weighted by Gasteiger charge is -2.41. The highest BCUT2D eigenvalue weighted by Crippen LogP contribution is 2.43. The maximum Gasteiger partial charge on any atom is 0.0563 e. The molecule has 2 heteroatoms. The molecule has 2 unspecified atom stereocenters. The fourth-order valence-corrected chi connectivity index (χ4v) is 4.82. The number of hydrogen-bond donors (Lipinski definition) is 1. The van der Waals surface area contributed by atoms with Gasteiger partial charge < -0.3 is 5.32 Å². The zero-order chi connectivity index (χ0) is 12.5. The maximum atomic E-state index is 3.74.